The summed E-state index contributed by atoms with van der Waals surface area (Å²) in [5.41, 5.74) is 7.79. The summed E-state index contributed by atoms with van der Waals surface area (Å²) in [7, 11) is 0. The van der Waals surface area contributed by atoms with E-state index in [-0.39, 0.29) is 11.9 Å². The van der Waals surface area contributed by atoms with Crippen LogP contribution in [0.5, 0.6) is 0 Å². The largest absolute Gasteiger partial charge is 0.337 e. The van der Waals surface area contributed by atoms with Crippen molar-refractivity contribution >= 4 is 5.91 Å². The van der Waals surface area contributed by atoms with Gasteiger partial charge in [-0.3, -0.25) is 4.79 Å². The summed E-state index contributed by atoms with van der Waals surface area (Å²) >= 11 is 0. The average molecular weight is 296 g/mol. The van der Waals surface area contributed by atoms with E-state index in [2.05, 4.69) is 5.10 Å². The van der Waals surface area contributed by atoms with Gasteiger partial charge in [0.2, 0.25) is 0 Å². The summed E-state index contributed by atoms with van der Waals surface area (Å²) in [6, 6.07) is 9.94. The Morgan fingerprint density at radius 3 is 2.68 bits per heavy atom. The molecule has 0 spiro atoms. The van der Waals surface area contributed by atoms with Gasteiger partial charge >= 0.3 is 0 Å². The monoisotopic (exact) mass is 296 g/mol. The molecule has 2 aromatic rings. The molecule has 5 nitrogen and oxygen atoms in total. The van der Waals surface area contributed by atoms with Crippen molar-refractivity contribution in [2.75, 3.05) is 13.1 Å². The number of para-hydroxylation sites is 1. The molecule has 1 aliphatic heterocycles. The Morgan fingerprint density at radius 1 is 1.18 bits per heavy atom. The van der Waals surface area contributed by atoms with E-state index < -0.39 is 0 Å². The maximum absolute atomic E-state index is 12.6. The first-order chi connectivity index (χ1) is 10.7. The Balaban J connectivity index is 1.50. The van der Waals surface area contributed by atoms with Gasteiger partial charge in [-0.25, -0.2) is 4.68 Å². The molecule has 1 aliphatic carbocycles. The van der Waals surface area contributed by atoms with Crippen LogP contribution in [0.4, 0.5) is 0 Å². The number of carbonyl (C=O) groups excluding carboxylic acids is 1. The molecule has 0 bridgehead atoms. The minimum absolute atomic E-state index is 0.0424. The number of nitrogens with zero attached hydrogens (tertiary/aromatic N) is 3. The van der Waals surface area contributed by atoms with Crippen LogP contribution >= 0.6 is 0 Å². The number of amides is 1. The highest BCUT2D eigenvalue weighted by Crippen LogP contribution is 2.41. The normalized spacial score (nSPS) is 24.7. The van der Waals surface area contributed by atoms with E-state index >= 15 is 0 Å². The molecule has 2 fully saturated rings. The zero-order chi connectivity index (χ0) is 15.1. The summed E-state index contributed by atoms with van der Waals surface area (Å²) in [6.07, 6.45) is 5.98. The third-order valence-corrected chi connectivity index (χ3v) is 4.78. The van der Waals surface area contributed by atoms with Gasteiger partial charge in [-0.05, 0) is 36.8 Å². The molecule has 2 N–H and O–H groups in total. The van der Waals surface area contributed by atoms with Crippen LogP contribution in [0.25, 0.3) is 5.69 Å². The third kappa shape index (κ3) is 2.41. The fourth-order valence-corrected chi connectivity index (χ4v) is 3.38. The molecule has 1 aromatic carbocycles. The zero-order valence-corrected chi connectivity index (χ0v) is 12.4. The van der Waals surface area contributed by atoms with Gasteiger partial charge in [0.25, 0.3) is 5.91 Å². The lowest BCUT2D eigenvalue weighted by Crippen LogP contribution is -2.32. The Morgan fingerprint density at radius 2 is 1.95 bits per heavy atom. The first-order valence-electron chi connectivity index (χ1n) is 7.87. The van der Waals surface area contributed by atoms with Crippen LogP contribution < -0.4 is 5.73 Å². The van der Waals surface area contributed by atoms with Gasteiger partial charge in [0.15, 0.2) is 0 Å². The van der Waals surface area contributed by atoms with Gasteiger partial charge in [-0.2, -0.15) is 5.10 Å². The van der Waals surface area contributed by atoms with Crippen molar-refractivity contribution in [2.45, 2.75) is 18.9 Å². The number of nitrogens with two attached hydrogens (primary N) is 1. The predicted molar refractivity (Wildman–Crippen MR) is 83.7 cm³/mol. The molecule has 2 atom stereocenters. The predicted octanol–water partition coefficient (Wildman–Crippen LogP) is 1.68. The maximum atomic E-state index is 12.6. The zero-order valence-electron chi connectivity index (χ0n) is 12.4. The van der Waals surface area contributed by atoms with Crippen LogP contribution in [0.1, 0.15) is 23.2 Å². The number of carbonyl (C=O) groups is 1. The van der Waals surface area contributed by atoms with Crippen LogP contribution in [0.3, 0.4) is 0 Å². The van der Waals surface area contributed by atoms with Crippen molar-refractivity contribution in [3.8, 4) is 5.69 Å². The highest BCUT2D eigenvalue weighted by atomic mass is 16.2. The Labute approximate surface area is 129 Å². The lowest BCUT2D eigenvalue weighted by atomic mass is 9.99. The molecule has 22 heavy (non-hydrogen) atoms. The van der Waals surface area contributed by atoms with Crippen LogP contribution in [-0.4, -0.2) is 39.7 Å². The Bertz CT molecular complexity index is 677. The fraction of sp³-hybridized carbons (Fsp3) is 0.412. The van der Waals surface area contributed by atoms with Gasteiger partial charge in [0.1, 0.15) is 0 Å². The van der Waals surface area contributed by atoms with Gasteiger partial charge in [0, 0.05) is 25.3 Å². The minimum atomic E-state index is 0.0424. The summed E-state index contributed by atoms with van der Waals surface area (Å²) in [4.78, 5) is 14.5. The summed E-state index contributed by atoms with van der Waals surface area (Å²) in [5.74, 6) is 1.26. The number of hydrogen-bond acceptors (Lipinski definition) is 3. The van der Waals surface area contributed by atoms with Crippen molar-refractivity contribution in [1.82, 2.24) is 14.7 Å². The first kappa shape index (κ1) is 13.5. The average Bonchev–Trinajstić information content (AvgIpc) is 3.13. The summed E-state index contributed by atoms with van der Waals surface area (Å²) < 4.78 is 1.74. The lowest BCUT2D eigenvalue weighted by Gasteiger charge is -2.14. The second kappa shape index (κ2) is 5.25. The molecule has 5 heteroatoms. The van der Waals surface area contributed by atoms with E-state index in [0.29, 0.717) is 18.0 Å². The molecule has 1 aromatic heterocycles. The molecule has 1 saturated heterocycles. The summed E-state index contributed by atoms with van der Waals surface area (Å²) in [6.45, 7) is 1.46. The molecular weight excluding hydrogens is 276 g/mol. The van der Waals surface area contributed by atoms with Crippen LogP contribution in [-0.2, 0) is 0 Å². The second-order valence-corrected chi connectivity index (χ2v) is 6.38. The number of aromatic nitrogens is 2. The van der Waals surface area contributed by atoms with E-state index in [9.17, 15) is 4.79 Å². The minimum Gasteiger partial charge on any atom is -0.337 e. The van der Waals surface area contributed by atoms with Crippen molar-refractivity contribution in [2.24, 2.45) is 17.6 Å². The summed E-state index contributed by atoms with van der Waals surface area (Å²) in [5, 5.41) is 4.30. The number of hydrogen-bond donors (Lipinski definition) is 1. The standard InChI is InChI=1S/C17H20N4O/c18-16-11-20(10-15(16)12-6-7-12)17(22)13-8-19-21(9-13)14-4-2-1-3-5-14/h1-5,8-9,12,15-16H,6-7,10-11,18H2. The van der Waals surface area contributed by atoms with Crippen molar-refractivity contribution in [3.63, 3.8) is 0 Å². The Kier molecular flexibility index (Phi) is 3.22. The quantitative estimate of drug-likeness (QED) is 0.937. The van der Waals surface area contributed by atoms with E-state index in [1.165, 1.54) is 12.8 Å². The molecule has 4 rings (SSSR count). The Hall–Kier alpha value is -2.14. The van der Waals surface area contributed by atoms with Crippen molar-refractivity contribution in [1.29, 1.82) is 0 Å². The van der Waals surface area contributed by atoms with Gasteiger partial charge in [0.05, 0.1) is 17.4 Å². The molecule has 114 valence electrons. The van der Waals surface area contributed by atoms with Crippen LogP contribution in [0.15, 0.2) is 42.7 Å². The smallest absolute Gasteiger partial charge is 0.257 e. The lowest BCUT2D eigenvalue weighted by molar-refractivity contribution is 0.0785. The number of benzene rings is 1. The molecular formula is C17H20N4O. The molecule has 2 aliphatic rings. The molecule has 1 amide bonds. The van der Waals surface area contributed by atoms with Crippen LogP contribution in [0.2, 0.25) is 0 Å². The third-order valence-electron chi connectivity index (χ3n) is 4.78. The van der Waals surface area contributed by atoms with E-state index in [4.69, 9.17) is 5.73 Å². The molecule has 1 saturated carbocycles. The van der Waals surface area contributed by atoms with Gasteiger partial charge < -0.3 is 10.6 Å². The first-order valence-corrected chi connectivity index (χ1v) is 7.87. The second-order valence-electron chi connectivity index (χ2n) is 6.38. The molecule has 2 heterocycles. The van der Waals surface area contributed by atoms with Crippen molar-refractivity contribution < 1.29 is 4.79 Å². The topological polar surface area (TPSA) is 64.2 Å². The van der Waals surface area contributed by atoms with Gasteiger partial charge in [-0.15, -0.1) is 0 Å². The molecule has 0 radical (unpaired) electrons. The van der Waals surface area contributed by atoms with E-state index in [1.807, 2.05) is 35.2 Å². The van der Waals surface area contributed by atoms with E-state index in [1.54, 1.807) is 17.1 Å². The number of rotatable bonds is 3. The maximum Gasteiger partial charge on any atom is 0.257 e. The highest BCUT2D eigenvalue weighted by molar-refractivity contribution is 5.94. The molecule has 2 unspecified atom stereocenters. The number of likely N-dealkylation sites (tertiary alicyclic amines) is 1. The SMILES string of the molecule is NC1CN(C(=O)c2cnn(-c3ccccc3)c2)CC1C1CC1. The van der Waals surface area contributed by atoms with E-state index in [0.717, 1.165) is 18.2 Å². The highest BCUT2D eigenvalue weighted by Gasteiger charge is 2.42. The van der Waals surface area contributed by atoms with Crippen LogP contribution in [0, 0.1) is 11.8 Å². The fourth-order valence-electron chi connectivity index (χ4n) is 3.38. The van der Waals surface area contributed by atoms with Crippen molar-refractivity contribution in [3.05, 3.63) is 48.3 Å². The van der Waals surface area contributed by atoms with Gasteiger partial charge in [-0.1, -0.05) is 18.2 Å².